The van der Waals surface area contributed by atoms with Crippen molar-refractivity contribution in [3.8, 4) is 5.40 Å². The van der Waals surface area contributed by atoms with Gasteiger partial charge < -0.3 is 0 Å². The molecule has 0 aliphatic heterocycles. The van der Waals surface area contributed by atoms with E-state index in [0.29, 0.717) is 0 Å². The summed E-state index contributed by atoms with van der Waals surface area (Å²) >= 11 is 3.09. The van der Waals surface area contributed by atoms with E-state index in [1.807, 2.05) is 0 Å². The SMILES string of the molecule is N#CS.[Zn]. The Morgan fingerprint density at radius 2 is 1.75 bits per heavy atom. The summed E-state index contributed by atoms with van der Waals surface area (Å²) in [5, 5.41) is 8.63. The van der Waals surface area contributed by atoms with Crippen LogP contribution in [0.4, 0.5) is 0 Å². The summed E-state index contributed by atoms with van der Waals surface area (Å²) in [7, 11) is 0. The Balaban J connectivity index is 0. The third kappa shape index (κ3) is 24.6. The second-order valence-electron chi connectivity index (χ2n) is 0.100. The van der Waals surface area contributed by atoms with E-state index in [1.165, 1.54) is 5.40 Å². The van der Waals surface area contributed by atoms with Crippen molar-refractivity contribution >= 4 is 12.6 Å². The molecule has 0 saturated heterocycles. The van der Waals surface area contributed by atoms with Crippen molar-refractivity contribution in [1.82, 2.24) is 0 Å². The number of nitrogens with zero attached hydrogens (tertiary/aromatic N) is 1. The molecule has 0 bridgehead atoms. The zero-order valence-corrected chi connectivity index (χ0v) is 5.96. The summed E-state index contributed by atoms with van der Waals surface area (Å²) in [6.07, 6.45) is 0. The van der Waals surface area contributed by atoms with Crippen molar-refractivity contribution in [3.63, 3.8) is 0 Å². The van der Waals surface area contributed by atoms with Crippen LogP contribution in [0, 0.1) is 10.7 Å². The predicted molar refractivity (Wildman–Crippen MR) is 14.6 cm³/mol. The van der Waals surface area contributed by atoms with Gasteiger partial charge in [0.25, 0.3) is 0 Å². The molecule has 3 heteroatoms. The van der Waals surface area contributed by atoms with E-state index < -0.39 is 0 Å². The summed E-state index contributed by atoms with van der Waals surface area (Å²) in [5.74, 6) is 0. The molecule has 0 heterocycles. The molecule has 0 aromatic heterocycles. The largest absolute Gasteiger partial charge is 0.185 e. The fraction of sp³-hybridized carbons (Fsp3) is 0. The van der Waals surface area contributed by atoms with Gasteiger partial charge in [-0.05, 0) is 0 Å². The molecule has 18 valence electrons. The van der Waals surface area contributed by atoms with E-state index in [0.717, 1.165) is 0 Å². The van der Waals surface area contributed by atoms with Crippen LogP contribution >= 0.6 is 12.6 Å². The molecule has 0 fully saturated rings. The third-order valence-corrected chi connectivity index (χ3v) is 0. The van der Waals surface area contributed by atoms with Crippen LogP contribution in [0.25, 0.3) is 0 Å². The number of nitriles is 1. The van der Waals surface area contributed by atoms with Crippen LogP contribution in [0.3, 0.4) is 0 Å². The van der Waals surface area contributed by atoms with Gasteiger partial charge in [0.15, 0.2) is 0 Å². The molecule has 0 radical (unpaired) electrons. The normalized spacial score (nSPS) is 2.00. The van der Waals surface area contributed by atoms with Gasteiger partial charge in [-0.25, -0.2) is 0 Å². The van der Waals surface area contributed by atoms with Gasteiger partial charge in [0.1, 0.15) is 5.40 Å². The standard InChI is InChI=1S/CHNS.Zn/c2-1-3;/h3H;. The van der Waals surface area contributed by atoms with Crippen LogP contribution in [0.5, 0.6) is 0 Å². The average molecular weight is 124 g/mol. The van der Waals surface area contributed by atoms with Crippen LogP contribution in [0.2, 0.25) is 0 Å². The van der Waals surface area contributed by atoms with Gasteiger partial charge >= 0.3 is 0 Å². The molecule has 0 spiro atoms. The predicted octanol–water partition coefficient (Wildman–Crippen LogP) is 0.395. The topological polar surface area (TPSA) is 23.8 Å². The van der Waals surface area contributed by atoms with Gasteiger partial charge in [-0.2, -0.15) is 5.26 Å². The summed E-state index contributed by atoms with van der Waals surface area (Å²) < 4.78 is 0. The molecule has 0 aliphatic carbocycles. The smallest absolute Gasteiger partial charge is 0.130 e. The summed E-state index contributed by atoms with van der Waals surface area (Å²) in [6, 6.07) is 0. The minimum Gasteiger partial charge on any atom is -0.185 e. The van der Waals surface area contributed by atoms with E-state index in [9.17, 15) is 0 Å². The van der Waals surface area contributed by atoms with Crippen LogP contribution in [0.15, 0.2) is 0 Å². The van der Waals surface area contributed by atoms with Crippen LogP contribution in [-0.2, 0) is 19.5 Å². The maximum absolute atomic E-state index is 7.18. The summed E-state index contributed by atoms with van der Waals surface area (Å²) in [4.78, 5) is 0. The van der Waals surface area contributed by atoms with E-state index >= 15 is 0 Å². The van der Waals surface area contributed by atoms with Crippen molar-refractivity contribution in [2.24, 2.45) is 0 Å². The van der Waals surface area contributed by atoms with E-state index in [4.69, 9.17) is 5.26 Å². The van der Waals surface area contributed by atoms with Gasteiger partial charge in [0, 0.05) is 19.5 Å². The summed E-state index contributed by atoms with van der Waals surface area (Å²) in [6.45, 7) is 0. The Hall–Kier alpha value is 0.463. The van der Waals surface area contributed by atoms with Gasteiger partial charge in [0.2, 0.25) is 0 Å². The second kappa shape index (κ2) is 9.81. The van der Waals surface area contributed by atoms with Gasteiger partial charge in [-0.1, -0.05) is 12.6 Å². The van der Waals surface area contributed by atoms with E-state index in [-0.39, 0.29) is 19.5 Å². The molecule has 0 aromatic rings. The molecule has 0 atom stereocenters. The van der Waals surface area contributed by atoms with Crippen LogP contribution in [0.1, 0.15) is 0 Å². The zero-order chi connectivity index (χ0) is 2.71. The molecule has 0 aliphatic rings. The number of hydrogen-bond acceptors (Lipinski definition) is 2. The molecule has 0 aromatic carbocycles. The quantitative estimate of drug-likeness (QED) is 0.282. The zero-order valence-electron chi connectivity index (χ0n) is 2.10. The molecular weight excluding hydrogens is 123 g/mol. The van der Waals surface area contributed by atoms with Crippen molar-refractivity contribution in [3.05, 3.63) is 0 Å². The Labute approximate surface area is 43.2 Å². The Bertz CT molecular complexity index is 29.5. The fourth-order valence-electron chi connectivity index (χ4n) is 0. The first-order valence-corrected chi connectivity index (χ1v) is 0.894. The first kappa shape index (κ1) is 8.82. The number of thiocyanates is 1. The molecule has 0 saturated carbocycles. The van der Waals surface area contributed by atoms with Crippen molar-refractivity contribution in [2.75, 3.05) is 0 Å². The Morgan fingerprint density at radius 1 is 1.75 bits per heavy atom. The molecule has 1 nitrogen and oxygen atoms in total. The van der Waals surface area contributed by atoms with Crippen LogP contribution in [-0.4, -0.2) is 0 Å². The van der Waals surface area contributed by atoms with E-state index in [1.54, 1.807) is 0 Å². The maximum atomic E-state index is 7.18. The van der Waals surface area contributed by atoms with E-state index in [2.05, 4.69) is 12.6 Å². The number of rotatable bonds is 0. The number of thiol groups is 1. The van der Waals surface area contributed by atoms with Gasteiger partial charge in [0.05, 0.1) is 0 Å². The van der Waals surface area contributed by atoms with Crippen molar-refractivity contribution < 1.29 is 19.5 Å². The molecule has 0 amide bonds. The average Bonchev–Trinajstić information content (AvgIpc) is 0.918. The third-order valence-electron chi connectivity index (χ3n) is 0. The Kier molecular flexibility index (Phi) is 21.6. The monoisotopic (exact) mass is 123 g/mol. The minimum atomic E-state index is 0. The summed E-state index contributed by atoms with van der Waals surface area (Å²) in [5.41, 5.74) is 0. The molecule has 4 heavy (non-hydrogen) atoms. The van der Waals surface area contributed by atoms with Crippen molar-refractivity contribution in [1.29, 1.82) is 5.26 Å². The first-order chi connectivity index (χ1) is 1.41. The van der Waals surface area contributed by atoms with Gasteiger partial charge in [-0.15, -0.1) is 0 Å². The van der Waals surface area contributed by atoms with Crippen molar-refractivity contribution in [2.45, 2.75) is 0 Å². The van der Waals surface area contributed by atoms with Gasteiger partial charge in [-0.3, -0.25) is 0 Å². The molecular formula is CHNSZn. The second-order valence-corrected chi connectivity index (χ2v) is 0.300. The molecule has 0 rings (SSSR count). The minimum absolute atomic E-state index is 0. The molecule has 0 unspecified atom stereocenters. The Morgan fingerprint density at radius 3 is 1.75 bits per heavy atom. The molecule has 0 N–H and O–H groups in total. The number of hydrogen-bond donors (Lipinski definition) is 1. The fourth-order valence-corrected chi connectivity index (χ4v) is 0. The maximum Gasteiger partial charge on any atom is 0.130 e. The first-order valence-electron chi connectivity index (χ1n) is 0.447. The van der Waals surface area contributed by atoms with Crippen LogP contribution < -0.4 is 0 Å².